The molecule has 1 aliphatic heterocycles. The number of nitrogens with one attached hydrogen (secondary N) is 1. The van der Waals surface area contributed by atoms with Gasteiger partial charge in [-0.2, -0.15) is 0 Å². The van der Waals surface area contributed by atoms with Crippen molar-refractivity contribution in [2.24, 2.45) is 4.99 Å². The summed E-state index contributed by atoms with van der Waals surface area (Å²) in [6, 6.07) is 1.94. The summed E-state index contributed by atoms with van der Waals surface area (Å²) in [4.78, 5) is 9.58. The molecular weight excluding hydrogens is 330 g/mol. The van der Waals surface area contributed by atoms with Gasteiger partial charge in [-0.05, 0) is 26.2 Å². The van der Waals surface area contributed by atoms with E-state index in [0.29, 0.717) is 6.10 Å². The molecule has 0 aromatic carbocycles. The maximum absolute atomic E-state index is 5.93. The lowest BCUT2D eigenvalue weighted by Crippen LogP contribution is -2.52. The molecule has 7 nitrogen and oxygen atoms in total. The molecule has 0 radical (unpaired) electrons. The third-order valence-electron chi connectivity index (χ3n) is 5.10. The Kier molecular flexibility index (Phi) is 7.76. The van der Waals surface area contributed by atoms with E-state index >= 15 is 0 Å². The number of ether oxygens (including phenoxy) is 1. The summed E-state index contributed by atoms with van der Waals surface area (Å²) in [6.07, 6.45) is 8.28. The highest BCUT2D eigenvalue weighted by molar-refractivity contribution is 5.80. The molecule has 1 saturated carbocycles. The summed E-state index contributed by atoms with van der Waals surface area (Å²) < 4.78 is 10.8. The minimum Gasteiger partial charge on any atom is -0.378 e. The van der Waals surface area contributed by atoms with Crippen molar-refractivity contribution in [3.8, 4) is 0 Å². The quantitative estimate of drug-likeness (QED) is 0.433. The fourth-order valence-corrected chi connectivity index (χ4v) is 3.65. The molecule has 0 atom stereocenters. The lowest BCUT2D eigenvalue weighted by molar-refractivity contribution is 0.0578. The van der Waals surface area contributed by atoms with Crippen molar-refractivity contribution in [3.63, 3.8) is 0 Å². The Hall–Kier alpha value is -1.60. The Balaban J connectivity index is 1.37. The highest BCUT2D eigenvalue weighted by Gasteiger charge is 2.20. The van der Waals surface area contributed by atoms with Gasteiger partial charge in [-0.1, -0.05) is 18.0 Å². The molecule has 7 heteroatoms. The zero-order valence-corrected chi connectivity index (χ0v) is 16.0. The normalized spacial score (nSPS) is 20.0. The molecule has 1 aliphatic carbocycles. The van der Waals surface area contributed by atoms with Gasteiger partial charge >= 0.3 is 0 Å². The van der Waals surface area contributed by atoms with Crippen LogP contribution in [0.15, 0.2) is 21.8 Å². The van der Waals surface area contributed by atoms with Gasteiger partial charge in [0.05, 0.1) is 11.8 Å². The van der Waals surface area contributed by atoms with Crippen LogP contribution in [0.3, 0.4) is 0 Å². The van der Waals surface area contributed by atoms with E-state index in [-0.39, 0.29) is 0 Å². The standard InChI is InChI=1S/C19H33N5O2/c1-2-20-19(21-9-5-14-25-18-6-3-4-7-18)24-12-10-23(11-13-24)16-17-8-15-26-22-17/h8,15,18H,2-7,9-14,16H2,1H3,(H,20,21). The largest absolute Gasteiger partial charge is 0.378 e. The minimum atomic E-state index is 0.505. The Labute approximate surface area is 156 Å². The lowest BCUT2D eigenvalue weighted by Gasteiger charge is -2.36. The van der Waals surface area contributed by atoms with Gasteiger partial charge in [-0.3, -0.25) is 9.89 Å². The molecule has 0 spiro atoms. The highest BCUT2D eigenvalue weighted by Crippen LogP contribution is 2.20. The van der Waals surface area contributed by atoms with Crippen LogP contribution < -0.4 is 5.32 Å². The van der Waals surface area contributed by atoms with Gasteiger partial charge in [0.25, 0.3) is 0 Å². The van der Waals surface area contributed by atoms with E-state index in [1.165, 1.54) is 25.7 Å². The van der Waals surface area contributed by atoms with Gasteiger partial charge in [0.1, 0.15) is 6.26 Å². The Bertz CT molecular complexity index is 520. The predicted octanol–water partition coefficient (Wildman–Crippen LogP) is 2.11. The van der Waals surface area contributed by atoms with E-state index in [4.69, 9.17) is 14.3 Å². The van der Waals surface area contributed by atoms with Crippen LogP contribution in [0, 0.1) is 0 Å². The maximum atomic E-state index is 5.93. The molecule has 146 valence electrons. The van der Waals surface area contributed by atoms with Crippen molar-refractivity contribution >= 4 is 5.96 Å². The first kappa shape index (κ1) is 19.2. The molecule has 1 N–H and O–H groups in total. The van der Waals surface area contributed by atoms with E-state index in [1.807, 2.05) is 6.07 Å². The summed E-state index contributed by atoms with van der Waals surface area (Å²) in [5.74, 6) is 1.04. The Morgan fingerprint density at radius 3 is 2.81 bits per heavy atom. The van der Waals surface area contributed by atoms with Gasteiger partial charge < -0.3 is 19.5 Å². The Morgan fingerprint density at radius 2 is 2.12 bits per heavy atom. The number of aromatic nitrogens is 1. The number of piperazine rings is 1. The van der Waals surface area contributed by atoms with Crippen LogP contribution in [0.1, 0.15) is 44.7 Å². The van der Waals surface area contributed by atoms with Gasteiger partial charge in [-0.25, -0.2) is 0 Å². The zero-order chi connectivity index (χ0) is 18.0. The molecular formula is C19H33N5O2. The average Bonchev–Trinajstić information content (AvgIpc) is 3.35. The lowest BCUT2D eigenvalue weighted by atomic mass is 10.3. The predicted molar refractivity (Wildman–Crippen MR) is 102 cm³/mol. The second-order valence-electron chi connectivity index (χ2n) is 7.12. The SMILES string of the molecule is CCNC(=NCCCOC1CCCC1)N1CCN(Cc2ccon2)CC1. The monoisotopic (exact) mass is 363 g/mol. The van der Waals surface area contributed by atoms with E-state index in [9.17, 15) is 0 Å². The second-order valence-corrected chi connectivity index (χ2v) is 7.12. The molecule has 0 amide bonds. The van der Waals surface area contributed by atoms with Gasteiger partial charge in [0.15, 0.2) is 5.96 Å². The molecule has 2 aliphatic rings. The molecule has 0 bridgehead atoms. The fraction of sp³-hybridized carbons (Fsp3) is 0.789. The summed E-state index contributed by atoms with van der Waals surface area (Å²) in [5.41, 5.74) is 1.00. The first-order valence-corrected chi connectivity index (χ1v) is 10.1. The van der Waals surface area contributed by atoms with Gasteiger partial charge in [0, 0.05) is 58.5 Å². The van der Waals surface area contributed by atoms with Crippen LogP contribution >= 0.6 is 0 Å². The topological polar surface area (TPSA) is 66.1 Å². The third-order valence-corrected chi connectivity index (χ3v) is 5.10. The van der Waals surface area contributed by atoms with Crippen molar-refractivity contribution in [1.82, 2.24) is 20.3 Å². The smallest absolute Gasteiger partial charge is 0.194 e. The van der Waals surface area contributed by atoms with E-state index in [0.717, 1.165) is 70.5 Å². The number of hydrogen-bond acceptors (Lipinski definition) is 5. The number of guanidine groups is 1. The molecule has 1 saturated heterocycles. The molecule has 2 heterocycles. The van der Waals surface area contributed by atoms with E-state index in [2.05, 4.69) is 27.2 Å². The highest BCUT2D eigenvalue weighted by atomic mass is 16.5. The summed E-state index contributed by atoms with van der Waals surface area (Å²) >= 11 is 0. The molecule has 0 unspecified atom stereocenters. The number of hydrogen-bond donors (Lipinski definition) is 1. The fourth-order valence-electron chi connectivity index (χ4n) is 3.65. The molecule has 1 aromatic heterocycles. The van der Waals surface area contributed by atoms with Gasteiger partial charge in [0.2, 0.25) is 0 Å². The third kappa shape index (κ3) is 5.99. The summed E-state index contributed by atoms with van der Waals surface area (Å²) in [6.45, 7) is 9.55. The maximum Gasteiger partial charge on any atom is 0.194 e. The van der Waals surface area contributed by atoms with Crippen LogP contribution in [-0.2, 0) is 11.3 Å². The average molecular weight is 364 g/mol. The van der Waals surface area contributed by atoms with Crippen LogP contribution in [0.25, 0.3) is 0 Å². The zero-order valence-electron chi connectivity index (χ0n) is 16.0. The number of rotatable bonds is 8. The van der Waals surface area contributed by atoms with Gasteiger partial charge in [-0.15, -0.1) is 0 Å². The number of aliphatic imine (C=N–C) groups is 1. The van der Waals surface area contributed by atoms with E-state index < -0.39 is 0 Å². The van der Waals surface area contributed by atoms with Crippen molar-refractivity contribution < 1.29 is 9.26 Å². The number of nitrogens with zero attached hydrogens (tertiary/aromatic N) is 4. The Morgan fingerprint density at radius 1 is 1.31 bits per heavy atom. The van der Waals surface area contributed by atoms with Crippen LogP contribution in [0.2, 0.25) is 0 Å². The summed E-state index contributed by atoms with van der Waals surface area (Å²) in [5, 5.41) is 7.44. The van der Waals surface area contributed by atoms with Crippen molar-refractivity contribution in [3.05, 3.63) is 18.0 Å². The molecule has 2 fully saturated rings. The van der Waals surface area contributed by atoms with Crippen molar-refractivity contribution in [2.45, 2.75) is 51.7 Å². The first-order valence-electron chi connectivity index (χ1n) is 10.1. The van der Waals surface area contributed by atoms with Crippen molar-refractivity contribution in [1.29, 1.82) is 0 Å². The van der Waals surface area contributed by atoms with Crippen LogP contribution in [-0.4, -0.2) is 72.9 Å². The second kappa shape index (κ2) is 10.5. The first-order chi connectivity index (χ1) is 12.8. The van der Waals surface area contributed by atoms with E-state index in [1.54, 1.807) is 6.26 Å². The van der Waals surface area contributed by atoms with Crippen molar-refractivity contribution in [2.75, 3.05) is 45.9 Å². The molecule has 3 rings (SSSR count). The molecule has 1 aromatic rings. The minimum absolute atomic E-state index is 0.505. The van der Waals surface area contributed by atoms with Crippen LogP contribution in [0.4, 0.5) is 0 Å². The molecule has 26 heavy (non-hydrogen) atoms. The summed E-state index contributed by atoms with van der Waals surface area (Å²) in [7, 11) is 0. The van der Waals surface area contributed by atoms with Crippen LogP contribution in [0.5, 0.6) is 0 Å².